The fraction of sp³-hybridized carbons (Fsp3) is 0.550. The summed E-state index contributed by atoms with van der Waals surface area (Å²) in [4.78, 5) is 6.08. The number of benzene rings is 1. The summed E-state index contributed by atoms with van der Waals surface area (Å²) < 4.78 is 0.916. The summed E-state index contributed by atoms with van der Waals surface area (Å²) in [6, 6.07) is 8.93. The lowest BCUT2D eigenvalue weighted by Gasteiger charge is -2.46. The number of aromatic amines is 1. The zero-order valence-corrected chi connectivity index (χ0v) is 16.3. The summed E-state index contributed by atoms with van der Waals surface area (Å²) in [6.45, 7) is 0.156. The van der Waals surface area contributed by atoms with Gasteiger partial charge in [-0.25, -0.2) is 0 Å². The minimum absolute atomic E-state index is 0.0820. The van der Waals surface area contributed by atoms with Gasteiger partial charge in [0, 0.05) is 16.6 Å². The molecule has 2 N–H and O–H groups in total. The molecule has 1 aliphatic carbocycles. The number of hydrogen-bond donors (Lipinski definition) is 2. The van der Waals surface area contributed by atoms with Crippen LogP contribution in [0.15, 0.2) is 24.3 Å². The van der Waals surface area contributed by atoms with Gasteiger partial charge in [-0.2, -0.15) is 0 Å². The number of hydrogen-bond acceptors (Lipinski definition) is 3. The molecule has 0 saturated heterocycles. The number of aliphatic hydroxyl groups is 1. The molecule has 2 atom stereocenters. The SMILES string of the molecule is CSC(=S)N1[C@H](CO)Cc2c([nH]c3ccccc23)[C@@H]1C1CCCCC1. The Balaban J connectivity index is 1.86. The average molecular weight is 375 g/mol. The molecule has 5 heteroatoms. The lowest BCUT2D eigenvalue weighted by Crippen LogP contribution is -2.50. The van der Waals surface area contributed by atoms with Gasteiger partial charge in [-0.05, 0) is 43.1 Å². The largest absolute Gasteiger partial charge is 0.394 e. The Morgan fingerprint density at radius 1 is 1.28 bits per heavy atom. The van der Waals surface area contributed by atoms with Gasteiger partial charge in [-0.15, -0.1) is 11.8 Å². The van der Waals surface area contributed by atoms with Gasteiger partial charge in [0.25, 0.3) is 0 Å². The number of aromatic nitrogens is 1. The monoisotopic (exact) mass is 374 g/mol. The summed E-state index contributed by atoms with van der Waals surface area (Å²) in [5, 5.41) is 11.4. The van der Waals surface area contributed by atoms with Gasteiger partial charge in [-0.1, -0.05) is 49.7 Å². The first-order valence-corrected chi connectivity index (χ1v) is 10.9. The topological polar surface area (TPSA) is 39.3 Å². The van der Waals surface area contributed by atoms with Crippen molar-refractivity contribution < 1.29 is 5.11 Å². The summed E-state index contributed by atoms with van der Waals surface area (Å²) in [7, 11) is 0. The second-order valence-electron chi connectivity index (χ2n) is 7.32. The van der Waals surface area contributed by atoms with Crippen LogP contribution < -0.4 is 0 Å². The number of H-pyrrole nitrogens is 1. The Bertz CT molecular complexity index is 766. The van der Waals surface area contributed by atoms with Crippen molar-refractivity contribution in [2.45, 2.75) is 50.6 Å². The number of thiocarbonyl (C=S) groups is 1. The molecular weight excluding hydrogens is 348 g/mol. The minimum atomic E-state index is 0.0820. The van der Waals surface area contributed by atoms with Crippen molar-refractivity contribution in [2.75, 3.05) is 12.9 Å². The van der Waals surface area contributed by atoms with Crippen molar-refractivity contribution in [3.05, 3.63) is 35.5 Å². The van der Waals surface area contributed by atoms with E-state index >= 15 is 0 Å². The van der Waals surface area contributed by atoms with E-state index in [0.717, 1.165) is 10.7 Å². The first-order valence-electron chi connectivity index (χ1n) is 9.31. The first-order chi connectivity index (χ1) is 12.2. The highest BCUT2D eigenvalue weighted by Gasteiger charge is 2.41. The van der Waals surface area contributed by atoms with Crippen LogP contribution in [0, 0.1) is 5.92 Å². The molecule has 2 heterocycles. The van der Waals surface area contributed by atoms with Crippen LogP contribution in [-0.4, -0.2) is 38.2 Å². The van der Waals surface area contributed by atoms with Crippen LogP contribution in [0.2, 0.25) is 0 Å². The molecule has 1 saturated carbocycles. The van der Waals surface area contributed by atoms with Crippen molar-refractivity contribution in [3.63, 3.8) is 0 Å². The Morgan fingerprint density at radius 3 is 2.76 bits per heavy atom. The molecule has 1 fully saturated rings. The van der Waals surface area contributed by atoms with E-state index in [4.69, 9.17) is 12.2 Å². The molecule has 2 aromatic rings. The molecule has 0 spiro atoms. The number of thioether (sulfide) groups is 1. The highest BCUT2D eigenvalue weighted by molar-refractivity contribution is 8.22. The molecule has 1 aromatic heterocycles. The van der Waals surface area contributed by atoms with Crippen molar-refractivity contribution >= 4 is 39.2 Å². The van der Waals surface area contributed by atoms with Crippen LogP contribution >= 0.6 is 24.0 Å². The Hall–Kier alpha value is -1.04. The third-order valence-corrected chi connectivity index (χ3v) is 7.24. The van der Waals surface area contributed by atoms with E-state index in [1.807, 2.05) is 0 Å². The first kappa shape index (κ1) is 17.4. The van der Waals surface area contributed by atoms with E-state index in [9.17, 15) is 5.11 Å². The van der Waals surface area contributed by atoms with E-state index < -0.39 is 0 Å². The van der Waals surface area contributed by atoms with Gasteiger partial charge in [0.2, 0.25) is 0 Å². The third-order valence-electron chi connectivity index (χ3n) is 5.97. The number of para-hydroxylation sites is 1. The molecule has 3 nitrogen and oxygen atoms in total. The van der Waals surface area contributed by atoms with Gasteiger partial charge in [0.05, 0.1) is 18.7 Å². The average Bonchev–Trinajstić information content (AvgIpc) is 3.04. The number of nitrogens with zero attached hydrogens (tertiary/aromatic N) is 1. The van der Waals surface area contributed by atoms with Gasteiger partial charge >= 0.3 is 0 Å². The third kappa shape index (κ3) is 3.00. The van der Waals surface area contributed by atoms with Crippen molar-refractivity contribution in [1.82, 2.24) is 9.88 Å². The van der Waals surface area contributed by atoms with Gasteiger partial charge in [0.1, 0.15) is 4.32 Å². The smallest absolute Gasteiger partial charge is 0.137 e. The second-order valence-corrected chi connectivity index (χ2v) is 8.76. The summed E-state index contributed by atoms with van der Waals surface area (Å²) >= 11 is 7.37. The molecule has 0 bridgehead atoms. The Kier molecular flexibility index (Phi) is 5.07. The zero-order chi connectivity index (χ0) is 17.4. The Labute approximate surface area is 159 Å². The van der Waals surface area contributed by atoms with E-state index in [2.05, 4.69) is 40.4 Å². The number of nitrogens with one attached hydrogen (secondary N) is 1. The number of rotatable bonds is 2. The quantitative estimate of drug-likeness (QED) is 0.750. The van der Waals surface area contributed by atoms with Crippen molar-refractivity contribution in [3.8, 4) is 0 Å². The molecule has 2 aliphatic rings. The number of fused-ring (bicyclic) bond motifs is 3. The summed E-state index contributed by atoms with van der Waals surface area (Å²) in [5.41, 5.74) is 3.95. The maximum absolute atomic E-state index is 10.1. The van der Waals surface area contributed by atoms with Crippen molar-refractivity contribution in [2.24, 2.45) is 5.92 Å². The molecule has 25 heavy (non-hydrogen) atoms. The van der Waals surface area contributed by atoms with Crippen LogP contribution in [0.1, 0.15) is 49.4 Å². The van der Waals surface area contributed by atoms with Gasteiger partial charge in [-0.3, -0.25) is 0 Å². The van der Waals surface area contributed by atoms with E-state index in [-0.39, 0.29) is 18.7 Å². The highest BCUT2D eigenvalue weighted by atomic mass is 32.2. The fourth-order valence-electron chi connectivity index (χ4n) is 4.83. The lowest BCUT2D eigenvalue weighted by atomic mass is 9.78. The van der Waals surface area contributed by atoms with Crippen LogP contribution in [0.3, 0.4) is 0 Å². The molecule has 0 radical (unpaired) electrons. The number of aliphatic hydroxyl groups excluding tert-OH is 1. The van der Waals surface area contributed by atoms with E-state index in [1.165, 1.54) is 54.3 Å². The van der Waals surface area contributed by atoms with Crippen molar-refractivity contribution in [1.29, 1.82) is 0 Å². The minimum Gasteiger partial charge on any atom is -0.394 e. The predicted molar refractivity (Wildman–Crippen MR) is 110 cm³/mol. The normalized spacial score (nSPS) is 24.5. The van der Waals surface area contributed by atoms with Crippen LogP contribution in [0.5, 0.6) is 0 Å². The van der Waals surface area contributed by atoms with Crippen LogP contribution in [0.4, 0.5) is 0 Å². The maximum Gasteiger partial charge on any atom is 0.137 e. The molecule has 1 aromatic carbocycles. The van der Waals surface area contributed by atoms with Crippen LogP contribution in [-0.2, 0) is 6.42 Å². The summed E-state index contributed by atoms with van der Waals surface area (Å²) in [6.07, 6.45) is 9.38. The van der Waals surface area contributed by atoms with Crippen LogP contribution in [0.25, 0.3) is 10.9 Å². The maximum atomic E-state index is 10.1. The second kappa shape index (κ2) is 7.29. The molecule has 0 unspecified atom stereocenters. The molecule has 4 rings (SSSR count). The van der Waals surface area contributed by atoms with Gasteiger partial charge < -0.3 is 15.0 Å². The van der Waals surface area contributed by atoms with E-state index in [1.54, 1.807) is 11.8 Å². The molecular formula is C20H26N2OS2. The fourth-order valence-corrected chi connectivity index (χ4v) is 5.56. The Morgan fingerprint density at radius 2 is 2.04 bits per heavy atom. The molecule has 134 valence electrons. The highest BCUT2D eigenvalue weighted by Crippen LogP contribution is 2.46. The molecule has 0 amide bonds. The standard InChI is InChI=1S/C20H26N2OS2/c1-25-20(24)22-14(12-23)11-16-15-9-5-6-10-17(15)21-18(16)19(22)13-7-3-2-4-8-13/h5-6,9-10,13-14,19,21,23H,2-4,7-8,11-12H2,1H3/t14-,19-/m0/s1. The summed E-state index contributed by atoms with van der Waals surface area (Å²) in [5.74, 6) is 0.611. The lowest BCUT2D eigenvalue weighted by molar-refractivity contribution is 0.0942. The van der Waals surface area contributed by atoms with E-state index in [0.29, 0.717) is 5.92 Å². The predicted octanol–water partition coefficient (Wildman–Crippen LogP) is 4.66. The zero-order valence-electron chi connectivity index (χ0n) is 14.7. The van der Waals surface area contributed by atoms with Gasteiger partial charge in [0.15, 0.2) is 0 Å². The molecule has 1 aliphatic heterocycles.